The van der Waals surface area contributed by atoms with Crippen molar-refractivity contribution in [3.8, 4) is 0 Å². The number of nitrogens with zero attached hydrogens (tertiary/aromatic N) is 1. The number of aryl methyl sites for hydroxylation is 1. The fourth-order valence-electron chi connectivity index (χ4n) is 2.48. The summed E-state index contributed by atoms with van der Waals surface area (Å²) in [6.07, 6.45) is 1.59. The normalized spacial score (nSPS) is 15.9. The lowest BCUT2D eigenvalue weighted by molar-refractivity contribution is -0.121. The molecular weight excluding hydrogens is 316 g/mol. The van der Waals surface area contributed by atoms with Crippen LogP contribution >= 0.6 is 11.3 Å². The van der Waals surface area contributed by atoms with Crippen molar-refractivity contribution >= 4 is 29.2 Å². The summed E-state index contributed by atoms with van der Waals surface area (Å²) in [7, 11) is 1.46. The van der Waals surface area contributed by atoms with Crippen molar-refractivity contribution in [2.24, 2.45) is 0 Å². The molecule has 1 fully saturated rings. The molecule has 23 heavy (non-hydrogen) atoms. The van der Waals surface area contributed by atoms with Crippen LogP contribution in [0.5, 0.6) is 0 Å². The number of amides is 4. The number of thiophene rings is 1. The molecule has 2 heterocycles. The number of urea groups is 1. The van der Waals surface area contributed by atoms with Gasteiger partial charge < -0.3 is 10.6 Å². The minimum Gasteiger partial charge on any atom is -0.349 e. The highest BCUT2D eigenvalue weighted by Gasteiger charge is 2.23. The van der Waals surface area contributed by atoms with E-state index in [0.29, 0.717) is 0 Å². The predicted octanol–water partition coefficient (Wildman–Crippen LogP) is 0.706. The summed E-state index contributed by atoms with van der Waals surface area (Å²) >= 11 is 1.49. The molecule has 1 aliphatic rings. The second-order valence-corrected chi connectivity index (χ2v) is 6.85. The second kappa shape index (κ2) is 8.07. The van der Waals surface area contributed by atoms with E-state index in [-0.39, 0.29) is 24.4 Å². The van der Waals surface area contributed by atoms with E-state index in [1.54, 1.807) is 0 Å². The Morgan fingerprint density at radius 2 is 1.96 bits per heavy atom. The highest BCUT2D eigenvalue weighted by atomic mass is 32.1. The Labute approximate surface area is 139 Å². The first-order valence-corrected chi connectivity index (χ1v) is 8.41. The third-order valence-electron chi connectivity index (χ3n) is 3.73. The Morgan fingerprint density at radius 1 is 1.26 bits per heavy atom. The molecule has 3 N–H and O–H groups in total. The molecular formula is C15H22N4O3S. The van der Waals surface area contributed by atoms with Gasteiger partial charge in [0.25, 0.3) is 5.91 Å². The number of imide groups is 1. The van der Waals surface area contributed by atoms with Crippen molar-refractivity contribution in [1.29, 1.82) is 0 Å². The van der Waals surface area contributed by atoms with E-state index in [2.05, 4.69) is 16.0 Å². The summed E-state index contributed by atoms with van der Waals surface area (Å²) in [6.45, 7) is 3.60. The van der Waals surface area contributed by atoms with Crippen molar-refractivity contribution in [1.82, 2.24) is 20.9 Å². The number of likely N-dealkylation sites (tertiary alicyclic amines) is 1. The minimum absolute atomic E-state index is 0.0288. The van der Waals surface area contributed by atoms with Crippen molar-refractivity contribution in [2.45, 2.75) is 25.8 Å². The smallest absolute Gasteiger partial charge is 0.321 e. The van der Waals surface area contributed by atoms with E-state index >= 15 is 0 Å². The number of nitrogens with one attached hydrogen (secondary N) is 3. The summed E-state index contributed by atoms with van der Waals surface area (Å²) in [5.74, 6) is -0.347. The molecule has 1 saturated heterocycles. The number of rotatable bonds is 4. The van der Waals surface area contributed by atoms with Crippen LogP contribution in [0.2, 0.25) is 0 Å². The van der Waals surface area contributed by atoms with Crippen molar-refractivity contribution in [3.63, 3.8) is 0 Å². The average Bonchev–Trinajstić information content (AvgIpc) is 2.95. The molecule has 0 saturated carbocycles. The van der Waals surface area contributed by atoms with Gasteiger partial charge in [-0.25, -0.2) is 4.79 Å². The van der Waals surface area contributed by atoms with Gasteiger partial charge in [-0.15, -0.1) is 11.3 Å². The maximum atomic E-state index is 12.1. The number of hydrogen-bond acceptors (Lipinski definition) is 5. The maximum Gasteiger partial charge on any atom is 0.321 e. The predicted molar refractivity (Wildman–Crippen MR) is 88.6 cm³/mol. The molecule has 0 radical (unpaired) electrons. The first kappa shape index (κ1) is 17.4. The Bertz CT molecular complexity index is 579. The quantitative estimate of drug-likeness (QED) is 0.754. The summed E-state index contributed by atoms with van der Waals surface area (Å²) in [6, 6.07) is 3.41. The summed E-state index contributed by atoms with van der Waals surface area (Å²) < 4.78 is 0. The summed E-state index contributed by atoms with van der Waals surface area (Å²) in [5, 5.41) is 7.63. The van der Waals surface area contributed by atoms with Gasteiger partial charge in [-0.05, 0) is 31.9 Å². The molecule has 0 aliphatic carbocycles. The maximum absolute atomic E-state index is 12.1. The molecule has 0 bridgehead atoms. The zero-order chi connectivity index (χ0) is 16.8. The Balaban J connectivity index is 1.72. The topological polar surface area (TPSA) is 90.5 Å². The van der Waals surface area contributed by atoms with Crippen LogP contribution in [0.1, 0.15) is 27.4 Å². The van der Waals surface area contributed by atoms with Gasteiger partial charge in [0.1, 0.15) is 0 Å². The van der Waals surface area contributed by atoms with E-state index in [4.69, 9.17) is 0 Å². The van der Waals surface area contributed by atoms with Crippen molar-refractivity contribution < 1.29 is 14.4 Å². The fourth-order valence-corrected chi connectivity index (χ4v) is 3.25. The van der Waals surface area contributed by atoms with Crippen molar-refractivity contribution in [3.05, 3.63) is 21.9 Å². The Hall–Kier alpha value is -1.93. The molecule has 8 heteroatoms. The standard InChI is InChI=1S/C15H22N4O3S/c1-10-3-4-12(23-10)14(21)17-11-5-7-19(8-6-11)9-13(20)18-15(22)16-2/h3-4,11H,5-9H2,1-2H3,(H,17,21)(H2,16,18,20,22). The van der Waals surface area contributed by atoms with Gasteiger partial charge in [0, 0.05) is 31.1 Å². The monoisotopic (exact) mass is 338 g/mol. The molecule has 0 aromatic carbocycles. The first-order valence-electron chi connectivity index (χ1n) is 7.59. The SMILES string of the molecule is CNC(=O)NC(=O)CN1CCC(NC(=O)c2ccc(C)s2)CC1. The lowest BCUT2D eigenvalue weighted by atomic mass is 10.0. The second-order valence-electron chi connectivity index (χ2n) is 5.56. The minimum atomic E-state index is -0.497. The van der Waals surface area contributed by atoms with Gasteiger partial charge in [-0.2, -0.15) is 0 Å². The zero-order valence-corrected chi connectivity index (χ0v) is 14.2. The van der Waals surface area contributed by atoms with E-state index in [1.807, 2.05) is 24.0 Å². The molecule has 1 aromatic heterocycles. The van der Waals surface area contributed by atoms with Crippen LogP contribution in [0.15, 0.2) is 12.1 Å². The summed E-state index contributed by atoms with van der Waals surface area (Å²) in [4.78, 5) is 38.7. The Morgan fingerprint density at radius 3 is 2.52 bits per heavy atom. The third kappa shape index (κ3) is 5.33. The van der Waals surface area contributed by atoms with E-state index in [9.17, 15) is 14.4 Å². The van der Waals surface area contributed by atoms with Crippen molar-refractivity contribution in [2.75, 3.05) is 26.7 Å². The number of hydrogen-bond donors (Lipinski definition) is 3. The molecule has 0 atom stereocenters. The largest absolute Gasteiger partial charge is 0.349 e. The highest BCUT2D eigenvalue weighted by Crippen LogP contribution is 2.16. The van der Waals surface area contributed by atoms with Gasteiger partial charge in [0.2, 0.25) is 5.91 Å². The van der Waals surface area contributed by atoms with Crippen LogP contribution in [-0.2, 0) is 4.79 Å². The van der Waals surface area contributed by atoms with E-state index < -0.39 is 6.03 Å². The van der Waals surface area contributed by atoms with Gasteiger partial charge in [-0.3, -0.25) is 19.8 Å². The van der Waals surface area contributed by atoms with Crippen LogP contribution in [0.4, 0.5) is 4.79 Å². The van der Waals surface area contributed by atoms with Gasteiger partial charge in [0.15, 0.2) is 0 Å². The summed E-state index contributed by atoms with van der Waals surface area (Å²) in [5.41, 5.74) is 0. The zero-order valence-electron chi connectivity index (χ0n) is 13.3. The van der Waals surface area contributed by atoms with Gasteiger partial charge in [-0.1, -0.05) is 0 Å². The molecule has 126 valence electrons. The fraction of sp³-hybridized carbons (Fsp3) is 0.533. The van der Waals surface area contributed by atoms with Crippen LogP contribution in [0.25, 0.3) is 0 Å². The van der Waals surface area contributed by atoms with Crippen LogP contribution in [0.3, 0.4) is 0 Å². The highest BCUT2D eigenvalue weighted by molar-refractivity contribution is 7.13. The molecule has 0 spiro atoms. The number of carbonyl (C=O) groups excluding carboxylic acids is 3. The van der Waals surface area contributed by atoms with E-state index in [1.165, 1.54) is 18.4 Å². The lowest BCUT2D eigenvalue weighted by Gasteiger charge is -2.31. The number of piperidine rings is 1. The molecule has 2 rings (SSSR count). The third-order valence-corrected chi connectivity index (χ3v) is 4.73. The van der Waals surface area contributed by atoms with Gasteiger partial charge >= 0.3 is 6.03 Å². The van der Waals surface area contributed by atoms with Crippen LogP contribution < -0.4 is 16.0 Å². The molecule has 0 unspecified atom stereocenters. The van der Waals surface area contributed by atoms with Crippen LogP contribution in [0, 0.1) is 6.92 Å². The molecule has 4 amide bonds. The molecule has 1 aliphatic heterocycles. The average molecular weight is 338 g/mol. The lowest BCUT2D eigenvalue weighted by Crippen LogP contribution is -2.48. The first-order chi connectivity index (χ1) is 11.0. The molecule has 1 aromatic rings. The van der Waals surface area contributed by atoms with Crippen LogP contribution in [-0.4, -0.2) is 55.5 Å². The Kier molecular flexibility index (Phi) is 6.12. The van der Waals surface area contributed by atoms with Gasteiger partial charge in [0.05, 0.1) is 11.4 Å². The number of carbonyl (C=O) groups is 3. The molecule has 7 nitrogen and oxygen atoms in total. The van der Waals surface area contributed by atoms with E-state index in [0.717, 1.165) is 35.7 Å².